The van der Waals surface area contributed by atoms with Crippen LogP contribution in [0.3, 0.4) is 0 Å². The van der Waals surface area contributed by atoms with Crippen molar-refractivity contribution in [2.24, 2.45) is 0 Å². The van der Waals surface area contributed by atoms with Gasteiger partial charge < -0.3 is 14.8 Å². The molecule has 1 fully saturated rings. The normalized spacial score (nSPS) is 14.6. The number of amides is 1. The van der Waals surface area contributed by atoms with Crippen LogP contribution in [0.2, 0.25) is 0 Å². The number of para-hydroxylation sites is 1. The molecule has 1 aliphatic heterocycles. The Hall–Kier alpha value is -3.42. The molecule has 0 saturated carbocycles. The van der Waals surface area contributed by atoms with Gasteiger partial charge in [0.15, 0.2) is 0 Å². The van der Waals surface area contributed by atoms with Gasteiger partial charge in [-0.3, -0.25) is 9.20 Å². The summed E-state index contributed by atoms with van der Waals surface area (Å²) in [6.45, 7) is 7.08. The summed E-state index contributed by atoms with van der Waals surface area (Å²) in [5.41, 5.74) is 2.83. The van der Waals surface area contributed by atoms with E-state index in [2.05, 4.69) is 44.4 Å². The summed E-state index contributed by atoms with van der Waals surface area (Å²) in [6, 6.07) is 12.1. The number of aromatic amines is 1. The van der Waals surface area contributed by atoms with E-state index in [1.54, 1.807) is 0 Å². The fourth-order valence-corrected chi connectivity index (χ4v) is 4.35. The van der Waals surface area contributed by atoms with Crippen molar-refractivity contribution in [2.75, 3.05) is 31.1 Å². The Morgan fingerprint density at radius 1 is 1.06 bits per heavy atom. The van der Waals surface area contributed by atoms with Crippen molar-refractivity contribution in [3.8, 4) is 0 Å². The van der Waals surface area contributed by atoms with E-state index in [0.717, 1.165) is 54.9 Å². The lowest BCUT2D eigenvalue weighted by Gasteiger charge is -2.35. The van der Waals surface area contributed by atoms with E-state index in [4.69, 9.17) is 4.98 Å². The van der Waals surface area contributed by atoms with Crippen molar-refractivity contribution >= 4 is 28.4 Å². The molecule has 4 heterocycles. The first-order valence-corrected chi connectivity index (χ1v) is 11.0. The Kier molecular flexibility index (Phi) is 5.05. The van der Waals surface area contributed by atoms with Gasteiger partial charge in [0.2, 0.25) is 0 Å². The number of carbonyl (C=O) groups is 1. The summed E-state index contributed by atoms with van der Waals surface area (Å²) in [4.78, 5) is 25.2. The number of nitrogens with zero attached hydrogens (tertiary/aromatic N) is 6. The molecule has 1 aliphatic rings. The fraction of sp³-hybridized carbons (Fsp3) is 0.391. The Labute approximate surface area is 180 Å². The summed E-state index contributed by atoms with van der Waals surface area (Å²) >= 11 is 0. The number of hydrogen-bond donors (Lipinski definition) is 1. The second-order valence-corrected chi connectivity index (χ2v) is 8.01. The third-order valence-corrected chi connectivity index (χ3v) is 5.98. The molecule has 0 radical (unpaired) electrons. The molecule has 1 amide bonds. The number of fused-ring (bicyclic) bond motifs is 2. The topological polar surface area (TPSA) is 82.4 Å². The minimum Gasteiger partial charge on any atom is -0.353 e. The van der Waals surface area contributed by atoms with Gasteiger partial charge in [-0.15, -0.1) is 10.2 Å². The predicted molar refractivity (Wildman–Crippen MR) is 121 cm³/mol. The zero-order valence-corrected chi connectivity index (χ0v) is 18.0. The lowest BCUT2D eigenvalue weighted by Crippen LogP contribution is -2.49. The van der Waals surface area contributed by atoms with Crippen molar-refractivity contribution in [3.63, 3.8) is 0 Å². The number of anilines is 1. The number of nitrogens with one attached hydrogen (secondary N) is 1. The number of carbonyl (C=O) groups excluding carboxylic acids is 1. The van der Waals surface area contributed by atoms with Gasteiger partial charge in [-0.2, -0.15) is 4.98 Å². The van der Waals surface area contributed by atoms with E-state index in [1.807, 2.05) is 35.2 Å². The number of benzene rings is 1. The third kappa shape index (κ3) is 3.52. The molecule has 0 aliphatic carbocycles. The van der Waals surface area contributed by atoms with Crippen molar-refractivity contribution in [1.82, 2.24) is 29.5 Å². The molecule has 4 aromatic rings. The van der Waals surface area contributed by atoms with Crippen LogP contribution in [0.5, 0.6) is 0 Å². The van der Waals surface area contributed by atoms with E-state index in [9.17, 15) is 4.79 Å². The minimum absolute atomic E-state index is 0.0518. The van der Waals surface area contributed by atoms with Gasteiger partial charge in [0.25, 0.3) is 11.7 Å². The molecule has 1 saturated heterocycles. The van der Waals surface area contributed by atoms with E-state index >= 15 is 0 Å². The molecular formula is C23H27N7O. The summed E-state index contributed by atoms with van der Waals surface area (Å²) in [7, 11) is 0. The molecule has 8 nitrogen and oxygen atoms in total. The maximum absolute atomic E-state index is 13.0. The molecule has 1 aromatic carbocycles. The highest BCUT2D eigenvalue weighted by Crippen LogP contribution is 2.21. The maximum Gasteiger partial charge on any atom is 0.270 e. The molecule has 8 heteroatoms. The van der Waals surface area contributed by atoms with Crippen LogP contribution in [-0.2, 0) is 12.8 Å². The molecule has 0 unspecified atom stereocenters. The van der Waals surface area contributed by atoms with Crippen molar-refractivity contribution < 1.29 is 4.79 Å². The van der Waals surface area contributed by atoms with E-state index in [-0.39, 0.29) is 5.91 Å². The number of rotatable bonds is 5. The zero-order valence-electron chi connectivity index (χ0n) is 18.0. The minimum atomic E-state index is 0.0518. The van der Waals surface area contributed by atoms with Crippen LogP contribution in [0, 0.1) is 0 Å². The standard InChI is InChI=1S/C23H27N7O/c1-3-7-17-15-21(25-23-27-26-20(4-2)30(17)23)28-10-12-29(13-11-28)22(31)19-14-16-8-5-6-9-18(16)24-19/h5-6,8-9,14-15,24H,3-4,7,10-13H2,1-2H3. The van der Waals surface area contributed by atoms with Crippen LogP contribution in [0.15, 0.2) is 36.4 Å². The first kappa shape index (κ1) is 19.5. The van der Waals surface area contributed by atoms with E-state index < -0.39 is 0 Å². The molecule has 160 valence electrons. The second-order valence-electron chi connectivity index (χ2n) is 8.01. The number of hydrogen-bond acceptors (Lipinski definition) is 5. The zero-order chi connectivity index (χ0) is 21.4. The van der Waals surface area contributed by atoms with Gasteiger partial charge in [0.05, 0.1) is 0 Å². The molecule has 3 aromatic heterocycles. The third-order valence-electron chi connectivity index (χ3n) is 5.98. The van der Waals surface area contributed by atoms with Crippen molar-refractivity contribution in [2.45, 2.75) is 33.1 Å². The smallest absolute Gasteiger partial charge is 0.270 e. The number of piperazine rings is 1. The van der Waals surface area contributed by atoms with Gasteiger partial charge in [-0.1, -0.05) is 38.5 Å². The van der Waals surface area contributed by atoms with Crippen molar-refractivity contribution in [3.05, 3.63) is 53.6 Å². The maximum atomic E-state index is 13.0. The average molecular weight is 418 g/mol. The summed E-state index contributed by atoms with van der Waals surface area (Å²) < 4.78 is 2.09. The fourth-order valence-electron chi connectivity index (χ4n) is 4.35. The van der Waals surface area contributed by atoms with Crippen LogP contribution in [-0.4, -0.2) is 61.6 Å². The lowest BCUT2D eigenvalue weighted by molar-refractivity contribution is 0.0741. The number of aromatic nitrogens is 5. The Balaban J connectivity index is 1.34. The van der Waals surface area contributed by atoms with Gasteiger partial charge >= 0.3 is 0 Å². The monoisotopic (exact) mass is 417 g/mol. The van der Waals surface area contributed by atoms with Gasteiger partial charge in [0, 0.05) is 55.3 Å². The molecule has 5 rings (SSSR count). The first-order chi connectivity index (χ1) is 15.2. The average Bonchev–Trinajstić information content (AvgIpc) is 3.43. The van der Waals surface area contributed by atoms with E-state index in [1.165, 1.54) is 5.69 Å². The molecule has 1 N–H and O–H groups in total. The summed E-state index contributed by atoms with van der Waals surface area (Å²) in [6.07, 6.45) is 2.83. The van der Waals surface area contributed by atoms with Gasteiger partial charge in [-0.05, 0) is 18.6 Å². The summed E-state index contributed by atoms with van der Waals surface area (Å²) in [5.74, 6) is 2.58. The Bertz CT molecular complexity index is 1200. The first-order valence-electron chi connectivity index (χ1n) is 11.0. The SMILES string of the molecule is CCCc1cc(N2CCN(C(=O)c3cc4ccccc4[nH]3)CC2)nc2nnc(CC)n12. The molecular weight excluding hydrogens is 390 g/mol. The van der Waals surface area contributed by atoms with Gasteiger partial charge in [0.1, 0.15) is 17.3 Å². The number of aryl methyl sites for hydroxylation is 2. The lowest BCUT2D eigenvalue weighted by atomic mass is 10.2. The summed E-state index contributed by atoms with van der Waals surface area (Å²) in [5, 5.41) is 9.66. The highest BCUT2D eigenvalue weighted by atomic mass is 16.2. The predicted octanol–water partition coefficient (Wildman–Crippen LogP) is 3.08. The van der Waals surface area contributed by atoms with Crippen molar-refractivity contribution in [1.29, 1.82) is 0 Å². The quantitative estimate of drug-likeness (QED) is 0.540. The Morgan fingerprint density at radius 2 is 1.87 bits per heavy atom. The molecule has 0 bridgehead atoms. The molecule has 0 atom stereocenters. The number of H-pyrrole nitrogens is 1. The highest BCUT2D eigenvalue weighted by Gasteiger charge is 2.25. The van der Waals surface area contributed by atoms with E-state index in [0.29, 0.717) is 24.6 Å². The second kappa shape index (κ2) is 8.02. The highest BCUT2D eigenvalue weighted by molar-refractivity contribution is 5.98. The van der Waals surface area contributed by atoms with Crippen LogP contribution in [0.4, 0.5) is 5.82 Å². The molecule has 31 heavy (non-hydrogen) atoms. The van der Waals surface area contributed by atoms with Crippen LogP contribution >= 0.6 is 0 Å². The van der Waals surface area contributed by atoms with Crippen LogP contribution in [0.25, 0.3) is 16.7 Å². The van der Waals surface area contributed by atoms with Crippen LogP contribution in [0.1, 0.15) is 42.3 Å². The van der Waals surface area contributed by atoms with Crippen LogP contribution < -0.4 is 4.90 Å². The Morgan fingerprint density at radius 3 is 2.61 bits per heavy atom. The molecule has 0 spiro atoms. The largest absolute Gasteiger partial charge is 0.353 e. The van der Waals surface area contributed by atoms with Gasteiger partial charge in [-0.25, -0.2) is 0 Å².